The van der Waals surface area contributed by atoms with E-state index in [2.05, 4.69) is 173 Å². The largest absolute Gasteiger partial charge is 0.309 e. The van der Waals surface area contributed by atoms with E-state index >= 15 is 0 Å². The van der Waals surface area contributed by atoms with Crippen molar-refractivity contribution in [1.82, 2.24) is 19.1 Å². The first-order valence-corrected chi connectivity index (χ1v) is 18.0. The molecule has 0 bridgehead atoms. The fourth-order valence-electron chi connectivity index (χ4n) is 7.91. The van der Waals surface area contributed by atoms with Crippen molar-refractivity contribution in [3.05, 3.63) is 170 Å². The standard InChI is InChI=1S/C46H28N4S/c1-2-11-29(12-3-1)30-21-23-31(24-22-30)32-13-10-14-33(27-32)49-39-19-8-5-16-36(39)43-40(49)26-25-35-34-15-4-7-18-38(34)50(45(35)43)46-47-28-42-44(48-46)37-17-6-9-20-41(37)51-42/h1-28H. The highest BCUT2D eigenvalue weighted by atomic mass is 32.1. The van der Waals surface area contributed by atoms with Gasteiger partial charge in [0.1, 0.15) is 0 Å². The molecular formula is C46H28N4S. The summed E-state index contributed by atoms with van der Waals surface area (Å²) in [5, 5.41) is 5.93. The number of rotatable bonds is 4. The first kappa shape index (κ1) is 28.3. The zero-order valence-corrected chi connectivity index (χ0v) is 28.2. The van der Waals surface area contributed by atoms with E-state index in [1.165, 1.54) is 53.9 Å². The minimum Gasteiger partial charge on any atom is -0.309 e. The van der Waals surface area contributed by atoms with Crippen molar-refractivity contribution in [2.75, 3.05) is 0 Å². The predicted octanol–water partition coefficient (Wildman–Crippen LogP) is 12.4. The summed E-state index contributed by atoms with van der Waals surface area (Å²) in [6, 6.07) is 58.7. The van der Waals surface area contributed by atoms with Crippen molar-refractivity contribution in [3.63, 3.8) is 0 Å². The molecule has 0 N–H and O–H groups in total. The Balaban J connectivity index is 1.16. The molecule has 4 aromatic heterocycles. The molecule has 4 heterocycles. The maximum absolute atomic E-state index is 5.28. The Bertz CT molecular complexity index is 3130. The Morgan fingerprint density at radius 2 is 1.08 bits per heavy atom. The highest BCUT2D eigenvalue weighted by Crippen LogP contribution is 2.42. The summed E-state index contributed by atoms with van der Waals surface area (Å²) >= 11 is 1.74. The van der Waals surface area contributed by atoms with E-state index in [9.17, 15) is 0 Å². The lowest BCUT2D eigenvalue weighted by Crippen LogP contribution is -2.01. The molecule has 0 aliphatic carbocycles. The van der Waals surface area contributed by atoms with Crippen molar-refractivity contribution in [3.8, 4) is 33.9 Å². The minimum absolute atomic E-state index is 0.683. The zero-order chi connectivity index (χ0) is 33.5. The van der Waals surface area contributed by atoms with Crippen LogP contribution in [0.1, 0.15) is 0 Å². The van der Waals surface area contributed by atoms with Crippen LogP contribution in [0.5, 0.6) is 0 Å². The highest BCUT2D eigenvalue weighted by molar-refractivity contribution is 7.25. The SMILES string of the molecule is c1ccc(-c2ccc(-c3cccc(-n4c5ccccc5c5c4ccc4c6ccccc6n(-c6ncc7sc8ccccc8c7n6)c45)c3)cc2)cc1. The molecule has 4 nitrogen and oxygen atoms in total. The molecule has 0 aliphatic rings. The van der Waals surface area contributed by atoms with Crippen molar-refractivity contribution in [2.45, 2.75) is 0 Å². The zero-order valence-electron chi connectivity index (χ0n) is 27.4. The minimum atomic E-state index is 0.683. The second-order valence-electron chi connectivity index (χ2n) is 13.0. The molecule has 0 fully saturated rings. The highest BCUT2D eigenvalue weighted by Gasteiger charge is 2.22. The van der Waals surface area contributed by atoms with Crippen LogP contribution in [0.25, 0.3) is 97.8 Å². The van der Waals surface area contributed by atoms with Gasteiger partial charge in [-0.25, -0.2) is 9.97 Å². The number of thiophene rings is 1. The third kappa shape index (κ3) is 4.25. The van der Waals surface area contributed by atoms with Gasteiger partial charge in [-0.05, 0) is 58.7 Å². The molecule has 0 saturated carbocycles. The summed E-state index contributed by atoms with van der Waals surface area (Å²) < 4.78 is 7.00. The monoisotopic (exact) mass is 668 g/mol. The number of hydrogen-bond donors (Lipinski definition) is 0. The van der Waals surface area contributed by atoms with Crippen LogP contribution in [0.3, 0.4) is 0 Å². The third-order valence-corrected chi connectivity index (χ3v) is 11.3. The van der Waals surface area contributed by atoms with Crippen LogP contribution in [-0.2, 0) is 0 Å². The van der Waals surface area contributed by atoms with Crippen LogP contribution < -0.4 is 0 Å². The molecule has 0 unspecified atom stereocenters. The molecule has 0 radical (unpaired) electrons. The average Bonchev–Trinajstić information content (AvgIpc) is 3.86. The first-order valence-electron chi connectivity index (χ1n) is 17.2. The fraction of sp³-hybridized carbons (Fsp3) is 0. The maximum atomic E-state index is 5.28. The van der Waals surface area contributed by atoms with Gasteiger partial charge in [-0.1, -0.05) is 127 Å². The second-order valence-corrected chi connectivity index (χ2v) is 14.1. The molecule has 0 saturated heterocycles. The molecule has 0 spiro atoms. The van der Waals surface area contributed by atoms with Gasteiger partial charge in [-0.2, -0.15) is 0 Å². The summed E-state index contributed by atoms with van der Waals surface area (Å²) in [4.78, 5) is 10.3. The van der Waals surface area contributed by atoms with Gasteiger partial charge < -0.3 is 4.57 Å². The van der Waals surface area contributed by atoms with Gasteiger partial charge in [-0.15, -0.1) is 11.3 Å². The molecule has 238 valence electrons. The predicted molar refractivity (Wildman–Crippen MR) is 214 cm³/mol. The smallest absolute Gasteiger partial charge is 0.235 e. The second kappa shape index (κ2) is 11.0. The van der Waals surface area contributed by atoms with Crippen LogP contribution in [-0.4, -0.2) is 19.1 Å². The van der Waals surface area contributed by atoms with E-state index in [1.807, 2.05) is 6.20 Å². The lowest BCUT2D eigenvalue weighted by molar-refractivity contribution is 1.02. The summed E-state index contributed by atoms with van der Waals surface area (Å²) in [5.74, 6) is 0.683. The van der Waals surface area contributed by atoms with Gasteiger partial charge in [0, 0.05) is 37.3 Å². The topological polar surface area (TPSA) is 35.6 Å². The average molecular weight is 669 g/mol. The summed E-state index contributed by atoms with van der Waals surface area (Å²) in [6.45, 7) is 0. The van der Waals surface area contributed by atoms with Crippen LogP contribution in [0.4, 0.5) is 0 Å². The lowest BCUT2D eigenvalue weighted by Gasteiger charge is -2.11. The van der Waals surface area contributed by atoms with E-state index < -0.39 is 0 Å². The van der Waals surface area contributed by atoms with E-state index in [-0.39, 0.29) is 0 Å². The molecule has 7 aromatic carbocycles. The van der Waals surface area contributed by atoms with Gasteiger partial charge in [0.25, 0.3) is 0 Å². The van der Waals surface area contributed by atoms with E-state index in [0.717, 1.165) is 38.0 Å². The molecule has 0 atom stereocenters. The Morgan fingerprint density at radius 1 is 0.431 bits per heavy atom. The third-order valence-electron chi connectivity index (χ3n) is 10.2. The van der Waals surface area contributed by atoms with E-state index in [4.69, 9.17) is 9.97 Å². The van der Waals surface area contributed by atoms with E-state index in [0.29, 0.717) is 5.95 Å². The Labute approximate surface area is 297 Å². The van der Waals surface area contributed by atoms with Gasteiger partial charge in [-0.3, -0.25) is 4.57 Å². The molecule has 11 rings (SSSR count). The van der Waals surface area contributed by atoms with Crippen LogP contribution in [0.15, 0.2) is 170 Å². The van der Waals surface area contributed by atoms with E-state index in [1.54, 1.807) is 11.3 Å². The quantitative estimate of drug-likeness (QED) is 0.187. The lowest BCUT2D eigenvalue weighted by atomic mass is 10.00. The van der Waals surface area contributed by atoms with Crippen LogP contribution >= 0.6 is 11.3 Å². The van der Waals surface area contributed by atoms with Crippen LogP contribution in [0.2, 0.25) is 0 Å². The number of aromatic nitrogens is 4. The number of hydrogen-bond acceptors (Lipinski definition) is 3. The summed E-state index contributed by atoms with van der Waals surface area (Å²) in [6.07, 6.45) is 1.99. The van der Waals surface area contributed by atoms with Crippen LogP contribution in [0, 0.1) is 0 Å². The normalized spacial score (nSPS) is 11.9. The molecule has 0 amide bonds. The van der Waals surface area contributed by atoms with Crippen molar-refractivity contribution in [2.24, 2.45) is 0 Å². The Kier molecular flexibility index (Phi) is 6.09. The summed E-state index contributed by atoms with van der Waals surface area (Å²) in [5.41, 5.74) is 11.4. The first-order chi connectivity index (χ1) is 25.3. The maximum Gasteiger partial charge on any atom is 0.235 e. The summed E-state index contributed by atoms with van der Waals surface area (Å²) in [7, 11) is 0. The van der Waals surface area contributed by atoms with Crippen molar-refractivity contribution >= 4 is 75.3 Å². The van der Waals surface area contributed by atoms with Crippen molar-refractivity contribution < 1.29 is 0 Å². The molecule has 0 aliphatic heterocycles. The number of nitrogens with zero attached hydrogens (tertiary/aromatic N) is 4. The molecular weight excluding hydrogens is 641 g/mol. The number of para-hydroxylation sites is 2. The molecule has 51 heavy (non-hydrogen) atoms. The van der Waals surface area contributed by atoms with Crippen molar-refractivity contribution in [1.29, 1.82) is 0 Å². The Hall–Kier alpha value is -6.56. The molecule has 5 heteroatoms. The molecule has 11 aromatic rings. The van der Waals surface area contributed by atoms with Gasteiger partial charge in [0.05, 0.1) is 38.5 Å². The van der Waals surface area contributed by atoms with Gasteiger partial charge in [0.15, 0.2) is 0 Å². The Morgan fingerprint density at radius 3 is 1.90 bits per heavy atom. The number of benzene rings is 7. The van der Waals surface area contributed by atoms with Gasteiger partial charge in [0.2, 0.25) is 5.95 Å². The number of fused-ring (bicyclic) bond motifs is 10. The van der Waals surface area contributed by atoms with Gasteiger partial charge >= 0.3 is 0 Å². The fourth-order valence-corrected chi connectivity index (χ4v) is 8.93.